The SMILES string of the molecule is NNC(=O)c1ncc(C2CCC2)o1. The second-order valence-electron chi connectivity index (χ2n) is 3.17. The lowest BCUT2D eigenvalue weighted by atomic mass is 9.84. The summed E-state index contributed by atoms with van der Waals surface area (Å²) >= 11 is 0. The van der Waals surface area contributed by atoms with Gasteiger partial charge >= 0.3 is 5.91 Å². The summed E-state index contributed by atoms with van der Waals surface area (Å²) in [5, 5.41) is 0. The van der Waals surface area contributed by atoms with Crippen LogP contribution in [0.4, 0.5) is 0 Å². The Bertz CT molecular complexity index is 317. The summed E-state index contributed by atoms with van der Waals surface area (Å²) in [5.41, 5.74) is 1.97. The molecule has 5 heteroatoms. The molecule has 1 aliphatic carbocycles. The highest BCUT2D eigenvalue weighted by Crippen LogP contribution is 2.36. The van der Waals surface area contributed by atoms with E-state index in [1.165, 1.54) is 6.42 Å². The second kappa shape index (κ2) is 3.18. The molecule has 0 radical (unpaired) electrons. The normalized spacial score (nSPS) is 16.7. The van der Waals surface area contributed by atoms with Crippen molar-refractivity contribution in [3.8, 4) is 0 Å². The van der Waals surface area contributed by atoms with E-state index in [-0.39, 0.29) is 5.89 Å². The quantitative estimate of drug-likeness (QED) is 0.396. The van der Waals surface area contributed by atoms with Crippen molar-refractivity contribution in [3.05, 3.63) is 17.8 Å². The standard InChI is InChI=1S/C8H11N3O2/c9-11-7(12)8-10-4-6(13-8)5-2-1-3-5/h4-5H,1-3,9H2,(H,11,12). The van der Waals surface area contributed by atoms with E-state index in [1.54, 1.807) is 6.20 Å². The fraction of sp³-hybridized carbons (Fsp3) is 0.500. The zero-order chi connectivity index (χ0) is 9.26. The number of aromatic nitrogens is 1. The van der Waals surface area contributed by atoms with Crippen LogP contribution in [0.2, 0.25) is 0 Å². The molecule has 1 amide bonds. The van der Waals surface area contributed by atoms with E-state index in [2.05, 4.69) is 4.98 Å². The monoisotopic (exact) mass is 181 g/mol. The molecular formula is C8H11N3O2. The average molecular weight is 181 g/mol. The van der Waals surface area contributed by atoms with Crippen molar-refractivity contribution in [2.24, 2.45) is 5.84 Å². The van der Waals surface area contributed by atoms with Crippen LogP contribution in [0.25, 0.3) is 0 Å². The fourth-order valence-corrected chi connectivity index (χ4v) is 1.33. The van der Waals surface area contributed by atoms with Gasteiger partial charge in [0.15, 0.2) is 0 Å². The van der Waals surface area contributed by atoms with Gasteiger partial charge in [-0.3, -0.25) is 10.2 Å². The molecule has 0 bridgehead atoms. The number of rotatable bonds is 2. The van der Waals surface area contributed by atoms with E-state index in [1.807, 2.05) is 5.43 Å². The molecule has 0 saturated heterocycles. The Kier molecular flexibility index (Phi) is 2.02. The zero-order valence-corrected chi connectivity index (χ0v) is 7.12. The van der Waals surface area contributed by atoms with Gasteiger partial charge in [0.1, 0.15) is 5.76 Å². The number of hydrogen-bond acceptors (Lipinski definition) is 4. The van der Waals surface area contributed by atoms with Gasteiger partial charge in [0.2, 0.25) is 0 Å². The molecule has 0 unspecified atom stereocenters. The van der Waals surface area contributed by atoms with Gasteiger partial charge < -0.3 is 4.42 Å². The van der Waals surface area contributed by atoms with Gasteiger partial charge in [-0.25, -0.2) is 10.8 Å². The summed E-state index contributed by atoms with van der Waals surface area (Å²) < 4.78 is 5.24. The Balaban J connectivity index is 2.12. The first-order valence-corrected chi connectivity index (χ1v) is 4.28. The van der Waals surface area contributed by atoms with E-state index in [4.69, 9.17) is 10.3 Å². The Morgan fingerprint density at radius 3 is 3.00 bits per heavy atom. The molecule has 0 aliphatic heterocycles. The second-order valence-corrected chi connectivity index (χ2v) is 3.17. The number of nitrogens with zero attached hydrogens (tertiary/aromatic N) is 1. The summed E-state index contributed by atoms with van der Waals surface area (Å²) in [6.07, 6.45) is 5.08. The topological polar surface area (TPSA) is 81.1 Å². The lowest BCUT2D eigenvalue weighted by molar-refractivity contribution is 0.0915. The van der Waals surface area contributed by atoms with Gasteiger partial charge in [0.05, 0.1) is 6.20 Å². The Morgan fingerprint density at radius 1 is 1.69 bits per heavy atom. The van der Waals surface area contributed by atoms with Crippen LogP contribution >= 0.6 is 0 Å². The Labute approximate surface area is 75.3 Å². The number of amides is 1. The largest absolute Gasteiger partial charge is 0.437 e. The number of nitrogen functional groups attached to an aromatic ring is 1. The van der Waals surface area contributed by atoms with E-state index < -0.39 is 5.91 Å². The number of carbonyl (C=O) groups is 1. The third-order valence-corrected chi connectivity index (χ3v) is 2.36. The molecule has 3 N–H and O–H groups in total. The molecule has 1 aromatic heterocycles. The van der Waals surface area contributed by atoms with Crippen molar-refractivity contribution in [2.45, 2.75) is 25.2 Å². The molecule has 13 heavy (non-hydrogen) atoms. The van der Waals surface area contributed by atoms with Crippen LogP contribution in [-0.4, -0.2) is 10.9 Å². The third-order valence-electron chi connectivity index (χ3n) is 2.36. The van der Waals surface area contributed by atoms with Gasteiger partial charge in [-0.05, 0) is 12.8 Å². The van der Waals surface area contributed by atoms with E-state index >= 15 is 0 Å². The lowest BCUT2D eigenvalue weighted by Crippen LogP contribution is -2.30. The van der Waals surface area contributed by atoms with Gasteiger partial charge in [0, 0.05) is 5.92 Å². The highest BCUT2D eigenvalue weighted by atomic mass is 16.4. The van der Waals surface area contributed by atoms with Crippen LogP contribution in [0.3, 0.4) is 0 Å². The van der Waals surface area contributed by atoms with Crippen molar-refractivity contribution in [1.82, 2.24) is 10.4 Å². The number of carbonyl (C=O) groups excluding carboxylic acids is 1. The molecule has 1 saturated carbocycles. The van der Waals surface area contributed by atoms with Crippen LogP contribution in [0.5, 0.6) is 0 Å². The van der Waals surface area contributed by atoms with Crippen LogP contribution in [-0.2, 0) is 0 Å². The van der Waals surface area contributed by atoms with Crippen LogP contribution < -0.4 is 11.3 Å². The molecule has 1 aliphatic rings. The van der Waals surface area contributed by atoms with Crippen LogP contribution in [0, 0.1) is 0 Å². The lowest BCUT2D eigenvalue weighted by Gasteiger charge is -2.22. The first-order chi connectivity index (χ1) is 6.31. The minimum atomic E-state index is -0.481. The molecule has 0 aromatic carbocycles. The molecule has 1 heterocycles. The number of oxazole rings is 1. The van der Waals surface area contributed by atoms with Gasteiger partial charge in [0.25, 0.3) is 5.89 Å². The minimum absolute atomic E-state index is 0.0457. The molecule has 70 valence electrons. The molecule has 0 atom stereocenters. The van der Waals surface area contributed by atoms with Gasteiger partial charge in [-0.15, -0.1) is 0 Å². The third kappa shape index (κ3) is 1.42. The van der Waals surface area contributed by atoms with E-state index in [0.717, 1.165) is 18.6 Å². The van der Waals surface area contributed by atoms with Crippen molar-refractivity contribution in [1.29, 1.82) is 0 Å². The number of nitrogens with two attached hydrogens (primary N) is 1. The van der Waals surface area contributed by atoms with Crippen LogP contribution in [0.15, 0.2) is 10.6 Å². The maximum atomic E-state index is 11.0. The minimum Gasteiger partial charge on any atom is -0.437 e. The predicted molar refractivity (Wildman–Crippen MR) is 44.7 cm³/mol. The highest BCUT2D eigenvalue weighted by Gasteiger charge is 2.24. The molecule has 1 aromatic rings. The van der Waals surface area contributed by atoms with Crippen molar-refractivity contribution in [2.75, 3.05) is 0 Å². The maximum Gasteiger partial charge on any atom is 0.320 e. The van der Waals surface area contributed by atoms with Crippen molar-refractivity contribution >= 4 is 5.91 Å². The summed E-state index contributed by atoms with van der Waals surface area (Å²) in [6, 6.07) is 0. The number of hydrogen-bond donors (Lipinski definition) is 2. The summed E-state index contributed by atoms with van der Waals surface area (Å²) in [4.78, 5) is 14.8. The molecular weight excluding hydrogens is 170 g/mol. The van der Waals surface area contributed by atoms with Gasteiger partial charge in [-0.2, -0.15) is 0 Å². The first kappa shape index (κ1) is 8.25. The highest BCUT2D eigenvalue weighted by molar-refractivity contribution is 5.88. The fourth-order valence-electron chi connectivity index (χ4n) is 1.33. The predicted octanol–water partition coefficient (Wildman–Crippen LogP) is 0.546. The smallest absolute Gasteiger partial charge is 0.320 e. The van der Waals surface area contributed by atoms with E-state index in [0.29, 0.717) is 5.92 Å². The molecule has 0 spiro atoms. The summed E-state index contributed by atoms with van der Waals surface area (Å²) in [7, 11) is 0. The van der Waals surface area contributed by atoms with Gasteiger partial charge in [-0.1, -0.05) is 6.42 Å². The first-order valence-electron chi connectivity index (χ1n) is 4.28. The zero-order valence-electron chi connectivity index (χ0n) is 7.12. The molecule has 5 nitrogen and oxygen atoms in total. The van der Waals surface area contributed by atoms with Crippen molar-refractivity contribution < 1.29 is 9.21 Å². The Morgan fingerprint density at radius 2 is 2.46 bits per heavy atom. The average Bonchev–Trinajstić information content (AvgIpc) is 2.49. The Hall–Kier alpha value is -1.36. The molecule has 1 fully saturated rings. The molecule has 2 rings (SSSR count). The van der Waals surface area contributed by atoms with E-state index in [9.17, 15) is 4.79 Å². The maximum absolute atomic E-state index is 11.0. The number of nitrogens with one attached hydrogen (secondary N) is 1. The van der Waals surface area contributed by atoms with Crippen molar-refractivity contribution in [3.63, 3.8) is 0 Å². The number of hydrazine groups is 1. The summed E-state index contributed by atoms with van der Waals surface area (Å²) in [6.45, 7) is 0. The summed E-state index contributed by atoms with van der Waals surface area (Å²) in [5.74, 6) is 5.75. The van der Waals surface area contributed by atoms with Crippen LogP contribution in [0.1, 0.15) is 41.6 Å².